The molecule has 0 aliphatic rings. The van der Waals surface area contributed by atoms with Gasteiger partial charge in [-0.3, -0.25) is 25.8 Å². The number of hydrogen-bond acceptors (Lipinski definition) is 4. The molecular formula is C24H31N3O3S. The van der Waals surface area contributed by atoms with E-state index in [0.29, 0.717) is 11.3 Å². The molecule has 0 fully saturated rings. The maximum Gasteiger partial charge on any atom is 0.269 e. The summed E-state index contributed by atoms with van der Waals surface area (Å²) >= 11 is 5.04. The zero-order valence-corrected chi connectivity index (χ0v) is 19.8. The van der Waals surface area contributed by atoms with Crippen LogP contribution in [-0.4, -0.2) is 23.5 Å². The van der Waals surface area contributed by atoms with E-state index in [1.54, 1.807) is 12.1 Å². The van der Waals surface area contributed by atoms with Crippen LogP contribution in [-0.2, 0) is 15.6 Å². The van der Waals surface area contributed by atoms with Crippen molar-refractivity contribution in [3.8, 4) is 5.75 Å². The molecule has 0 heterocycles. The molecule has 6 nitrogen and oxygen atoms in total. The predicted molar refractivity (Wildman–Crippen MR) is 127 cm³/mol. The van der Waals surface area contributed by atoms with Crippen molar-refractivity contribution in [3.05, 3.63) is 65.2 Å². The molecule has 0 saturated carbocycles. The Bertz CT molecular complexity index is 925. The van der Waals surface area contributed by atoms with Crippen molar-refractivity contribution >= 4 is 29.1 Å². The number of ether oxygens (including phenoxy) is 1. The summed E-state index contributed by atoms with van der Waals surface area (Å²) in [5, 5.41) is 2.45. The first-order valence-corrected chi connectivity index (χ1v) is 10.5. The van der Waals surface area contributed by atoms with Crippen LogP contribution in [0.15, 0.2) is 48.5 Å². The van der Waals surface area contributed by atoms with Crippen LogP contribution in [0.25, 0.3) is 0 Å². The van der Waals surface area contributed by atoms with E-state index in [0.717, 1.165) is 5.56 Å². The highest BCUT2D eigenvalue weighted by Crippen LogP contribution is 2.24. The van der Waals surface area contributed by atoms with Crippen LogP contribution in [0, 0.1) is 0 Å². The lowest BCUT2D eigenvalue weighted by molar-refractivity contribution is -0.121. The number of hydrogen-bond donors (Lipinski definition) is 3. The van der Waals surface area contributed by atoms with Crippen molar-refractivity contribution in [3.63, 3.8) is 0 Å². The monoisotopic (exact) mass is 441 g/mol. The van der Waals surface area contributed by atoms with E-state index >= 15 is 0 Å². The van der Waals surface area contributed by atoms with Gasteiger partial charge in [-0.25, -0.2) is 0 Å². The molecule has 0 atom stereocenters. The summed E-state index contributed by atoms with van der Waals surface area (Å²) in [7, 11) is 0. The summed E-state index contributed by atoms with van der Waals surface area (Å²) < 4.78 is 5.48. The normalized spacial score (nSPS) is 11.4. The molecule has 166 valence electrons. The quantitative estimate of drug-likeness (QED) is 0.494. The number of carbonyl (C=O) groups is 2. The fraction of sp³-hybridized carbons (Fsp3) is 0.375. The maximum absolute atomic E-state index is 12.2. The van der Waals surface area contributed by atoms with Crippen molar-refractivity contribution in [2.75, 3.05) is 6.61 Å². The fourth-order valence-electron chi connectivity index (χ4n) is 2.70. The van der Waals surface area contributed by atoms with Gasteiger partial charge >= 0.3 is 0 Å². The zero-order valence-electron chi connectivity index (χ0n) is 19.0. The Labute approximate surface area is 189 Å². The Balaban J connectivity index is 1.76. The van der Waals surface area contributed by atoms with Gasteiger partial charge in [0.05, 0.1) is 0 Å². The lowest BCUT2D eigenvalue weighted by Crippen LogP contribution is -2.49. The lowest BCUT2D eigenvalue weighted by atomic mass is 9.87. The molecular weight excluding hydrogens is 410 g/mol. The van der Waals surface area contributed by atoms with Crippen LogP contribution >= 0.6 is 12.2 Å². The minimum absolute atomic E-state index is 0.00973. The first-order chi connectivity index (χ1) is 14.4. The Hall–Kier alpha value is -2.93. The second-order valence-corrected chi connectivity index (χ2v) is 9.76. The van der Waals surface area contributed by atoms with Crippen LogP contribution in [0.1, 0.15) is 63.0 Å². The summed E-state index contributed by atoms with van der Waals surface area (Å²) in [4.78, 5) is 24.3. The number of amides is 2. The molecule has 2 rings (SSSR count). The van der Waals surface area contributed by atoms with Crippen molar-refractivity contribution in [2.24, 2.45) is 0 Å². The Morgan fingerprint density at radius 2 is 1.29 bits per heavy atom. The maximum atomic E-state index is 12.2. The zero-order chi connectivity index (χ0) is 23.2. The molecule has 0 aliphatic heterocycles. The predicted octanol–water partition coefficient (Wildman–Crippen LogP) is 4.00. The molecule has 0 aliphatic carbocycles. The number of thiocarbonyl (C=S) groups is 1. The van der Waals surface area contributed by atoms with Crippen molar-refractivity contribution < 1.29 is 14.3 Å². The highest BCUT2D eigenvalue weighted by Gasteiger charge is 2.15. The summed E-state index contributed by atoms with van der Waals surface area (Å²) in [6.45, 7) is 12.5. The van der Waals surface area contributed by atoms with Crippen LogP contribution in [0.2, 0.25) is 0 Å². The summed E-state index contributed by atoms with van der Waals surface area (Å²) in [6, 6.07) is 14.9. The molecule has 0 spiro atoms. The molecule has 2 aromatic carbocycles. The third kappa shape index (κ3) is 7.68. The second kappa shape index (κ2) is 9.92. The number of rotatable bonds is 4. The van der Waals surface area contributed by atoms with Gasteiger partial charge in [-0.15, -0.1) is 0 Å². The SMILES string of the molecule is CC(C)(C)c1ccc(OCC(=O)NC(=S)NNC(=O)c2ccc(C(C)(C)C)cc2)cc1. The van der Waals surface area contributed by atoms with E-state index < -0.39 is 5.91 Å². The molecule has 2 amide bonds. The minimum Gasteiger partial charge on any atom is -0.484 e. The van der Waals surface area contributed by atoms with E-state index in [1.807, 2.05) is 36.4 Å². The molecule has 0 radical (unpaired) electrons. The number of hydrazine groups is 1. The van der Waals surface area contributed by atoms with Gasteiger partial charge in [0.1, 0.15) is 5.75 Å². The summed E-state index contributed by atoms with van der Waals surface area (Å²) in [6.07, 6.45) is 0. The average Bonchev–Trinajstić information content (AvgIpc) is 2.69. The Morgan fingerprint density at radius 3 is 1.77 bits per heavy atom. The van der Waals surface area contributed by atoms with Crippen molar-refractivity contribution in [1.29, 1.82) is 0 Å². The minimum atomic E-state index is -0.429. The Morgan fingerprint density at radius 1 is 0.806 bits per heavy atom. The van der Waals surface area contributed by atoms with Gasteiger partial charge in [0, 0.05) is 5.56 Å². The molecule has 7 heteroatoms. The number of nitrogens with one attached hydrogen (secondary N) is 3. The van der Waals surface area contributed by atoms with Crippen molar-refractivity contribution in [1.82, 2.24) is 16.2 Å². The van der Waals surface area contributed by atoms with Crippen molar-refractivity contribution in [2.45, 2.75) is 52.4 Å². The largest absolute Gasteiger partial charge is 0.484 e. The lowest BCUT2D eigenvalue weighted by Gasteiger charge is -2.19. The van der Waals surface area contributed by atoms with Crippen LogP contribution in [0.5, 0.6) is 5.75 Å². The van der Waals surface area contributed by atoms with E-state index in [4.69, 9.17) is 17.0 Å². The highest BCUT2D eigenvalue weighted by molar-refractivity contribution is 7.80. The third-order valence-electron chi connectivity index (χ3n) is 4.65. The molecule has 0 saturated heterocycles. The Kier molecular flexibility index (Phi) is 7.79. The van der Waals surface area contributed by atoms with E-state index in [9.17, 15) is 9.59 Å². The highest BCUT2D eigenvalue weighted by atomic mass is 32.1. The second-order valence-electron chi connectivity index (χ2n) is 9.35. The number of benzene rings is 2. The van der Waals surface area contributed by atoms with Gasteiger partial charge in [0.15, 0.2) is 11.7 Å². The average molecular weight is 442 g/mol. The van der Waals surface area contributed by atoms with E-state index in [2.05, 4.69) is 57.7 Å². The van der Waals surface area contributed by atoms with Gasteiger partial charge in [-0.1, -0.05) is 65.8 Å². The van der Waals surface area contributed by atoms with Gasteiger partial charge in [-0.05, 0) is 58.4 Å². The molecule has 0 aromatic heterocycles. The fourth-order valence-corrected chi connectivity index (χ4v) is 2.87. The molecule has 31 heavy (non-hydrogen) atoms. The standard InChI is InChI=1S/C24H31N3O3S/c1-23(2,3)17-9-7-16(8-10-17)21(29)26-27-22(31)25-20(28)15-30-19-13-11-18(12-14-19)24(4,5)6/h7-14H,15H2,1-6H3,(H,26,29)(H2,25,27,28,31). The molecule has 2 aromatic rings. The first-order valence-electron chi connectivity index (χ1n) is 10.1. The van der Waals surface area contributed by atoms with Gasteiger partial charge < -0.3 is 4.74 Å². The van der Waals surface area contributed by atoms with Crippen LogP contribution in [0.3, 0.4) is 0 Å². The summed E-state index contributed by atoms with van der Waals surface area (Å²) in [5.74, 6) is -0.192. The van der Waals surface area contributed by atoms with Gasteiger partial charge in [0.2, 0.25) is 0 Å². The van der Waals surface area contributed by atoms with Gasteiger partial charge in [-0.2, -0.15) is 0 Å². The van der Waals surface area contributed by atoms with Crippen LogP contribution in [0.4, 0.5) is 0 Å². The number of carbonyl (C=O) groups excluding carboxylic acids is 2. The topological polar surface area (TPSA) is 79.5 Å². The van der Waals surface area contributed by atoms with Gasteiger partial charge in [0.25, 0.3) is 11.8 Å². The van der Waals surface area contributed by atoms with E-state index in [-0.39, 0.29) is 28.5 Å². The third-order valence-corrected chi connectivity index (χ3v) is 4.85. The molecule has 3 N–H and O–H groups in total. The first kappa shape index (κ1) is 24.3. The smallest absolute Gasteiger partial charge is 0.269 e. The van der Waals surface area contributed by atoms with Crippen LogP contribution < -0.4 is 20.9 Å². The molecule has 0 unspecified atom stereocenters. The molecule has 0 bridgehead atoms. The summed E-state index contributed by atoms with van der Waals surface area (Å²) in [5.41, 5.74) is 7.85. The van der Waals surface area contributed by atoms with E-state index in [1.165, 1.54) is 5.56 Å².